The van der Waals surface area contributed by atoms with Crippen molar-refractivity contribution in [3.8, 4) is 11.5 Å². The Hall–Kier alpha value is -3.82. The number of alkyl halides is 3. The average Bonchev–Trinajstić information content (AvgIpc) is 3.31. The molecule has 0 radical (unpaired) electrons. The number of benzene rings is 2. The summed E-state index contributed by atoms with van der Waals surface area (Å²) in [7, 11) is 0. The maximum absolute atomic E-state index is 12.8. The minimum atomic E-state index is -4.43. The highest BCUT2D eigenvalue weighted by Gasteiger charge is 2.33. The summed E-state index contributed by atoms with van der Waals surface area (Å²) < 4.78 is 55.0. The van der Waals surface area contributed by atoms with Crippen LogP contribution in [0.5, 0.6) is 0 Å². The summed E-state index contributed by atoms with van der Waals surface area (Å²) in [5, 5.41) is 0. The van der Waals surface area contributed by atoms with Crippen molar-refractivity contribution in [2.75, 3.05) is 13.1 Å². The molecule has 2 heterocycles. The monoisotopic (exact) mass is 544 g/mol. The zero-order valence-corrected chi connectivity index (χ0v) is 21.9. The zero-order chi connectivity index (χ0) is 28.0. The number of aryl methyl sites for hydroxylation is 1. The highest BCUT2D eigenvalue weighted by molar-refractivity contribution is 5.73. The topological polar surface area (TPSA) is 81.9 Å². The first-order valence-electron chi connectivity index (χ1n) is 12.9. The first kappa shape index (κ1) is 28.2. The minimum Gasteiger partial charge on any atom is -0.461 e. The van der Waals surface area contributed by atoms with Gasteiger partial charge in [-0.05, 0) is 61.9 Å². The van der Waals surface area contributed by atoms with Gasteiger partial charge in [-0.2, -0.15) is 13.2 Å². The highest BCUT2D eigenvalue weighted by atomic mass is 19.4. The lowest BCUT2D eigenvalue weighted by atomic mass is 9.83. The van der Waals surface area contributed by atoms with Crippen LogP contribution in [-0.2, 0) is 33.7 Å². The normalized spacial score (nSPS) is 15.2. The summed E-state index contributed by atoms with van der Waals surface area (Å²) in [4.78, 5) is 31.3. The van der Waals surface area contributed by atoms with Crippen molar-refractivity contribution in [1.82, 2.24) is 9.88 Å². The summed E-state index contributed by atoms with van der Waals surface area (Å²) in [6, 6.07) is 14.0. The van der Waals surface area contributed by atoms with E-state index in [4.69, 9.17) is 13.9 Å². The average molecular weight is 545 g/mol. The van der Waals surface area contributed by atoms with E-state index in [1.807, 2.05) is 37.3 Å². The van der Waals surface area contributed by atoms with Crippen molar-refractivity contribution in [2.24, 2.45) is 11.8 Å². The van der Waals surface area contributed by atoms with Gasteiger partial charge in [0, 0.05) is 18.7 Å². The van der Waals surface area contributed by atoms with Gasteiger partial charge in [0.1, 0.15) is 24.7 Å². The molecule has 2 aromatic carbocycles. The van der Waals surface area contributed by atoms with Crippen molar-refractivity contribution in [3.05, 3.63) is 77.2 Å². The third kappa shape index (κ3) is 7.19. The molecule has 0 spiro atoms. The molecular formula is C29H31F3N2O5. The van der Waals surface area contributed by atoms with Crippen LogP contribution < -0.4 is 0 Å². The van der Waals surface area contributed by atoms with Crippen LogP contribution in [0.1, 0.15) is 48.8 Å². The van der Waals surface area contributed by atoms with Crippen LogP contribution in [0.15, 0.2) is 59.0 Å². The lowest BCUT2D eigenvalue weighted by molar-refractivity contribution is -0.152. The van der Waals surface area contributed by atoms with Gasteiger partial charge in [-0.3, -0.25) is 4.79 Å². The molecule has 1 amide bonds. The molecule has 208 valence electrons. The maximum Gasteiger partial charge on any atom is 0.416 e. The number of likely N-dealkylation sites (tertiary alicyclic amines) is 1. The van der Waals surface area contributed by atoms with E-state index in [-0.39, 0.29) is 36.9 Å². The quantitative estimate of drug-likeness (QED) is 0.291. The number of carbonyl (C=O) groups is 2. The molecule has 3 aromatic rings. The van der Waals surface area contributed by atoms with Gasteiger partial charge in [-0.25, -0.2) is 9.78 Å². The van der Waals surface area contributed by atoms with Crippen LogP contribution in [0.2, 0.25) is 0 Å². The van der Waals surface area contributed by atoms with Crippen LogP contribution in [0.3, 0.4) is 0 Å². The van der Waals surface area contributed by atoms with E-state index in [1.54, 1.807) is 11.8 Å². The summed E-state index contributed by atoms with van der Waals surface area (Å²) in [5.41, 5.74) is 0.952. The van der Waals surface area contributed by atoms with E-state index in [1.165, 1.54) is 12.1 Å². The molecule has 1 saturated heterocycles. The lowest BCUT2D eigenvalue weighted by Gasteiger charge is -2.34. The number of aromatic nitrogens is 1. The molecule has 39 heavy (non-hydrogen) atoms. The Morgan fingerprint density at radius 1 is 1.03 bits per heavy atom. The second kappa shape index (κ2) is 12.4. The van der Waals surface area contributed by atoms with Crippen LogP contribution in [0, 0.1) is 18.8 Å². The molecule has 0 saturated carbocycles. The van der Waals surface area contributed by atoms with Crippen LogP contribution in [0.25, 0.3) is 11.5 Å². The Morgan fingerprint density at radius 2 is 1.69 bits per heavy atom. The van der Waals surface area contributed by atoms with E-state index in [0.29, 0.717) is 49.4 Å². The van der Waals surface area contributed by atoms with Crippen LogP contribution >= 0.6 is 0 Å². The molecule has 0 aliphatic carbocycles. The Bertz CT molecular complexity index is 1250. The molecule has 1 atom stereocenters. The molecule has 1 aliphatic heterocycles. The Kier molecular flexibility index (Phi) is 8.93. The Balaban J connectivity index is 1.26. The van der Waals surface area contributed by atoms with E-state index < -0.39 is 17.8 Å². The number of ether oxygens (including phenoxy) is 2. The molecule has 1 fully saturated rings. The zero-order valence-electron chi connectivity index (χ0n) is 21.9. The van der Waals surface area contributed by atoms with Crippen LogP contribution in [0.4, 0.5) is 18.0 Å². The third-order valence-electron chi connectivity index (χ3n) is 7.02. The van der Waals surface area contributed by atoms with Gasteiger partial charge in [0.05, 0.1) is 11.5 Å². The molecule has 4 rings (SSSR count). The molecule has 0 N–H and O–H groups in total. The molecule has 1 aliphatic rings. The maximum atomic E-state index is 12.8. The number of hydrogen-bond acceptors (Lipinski definition) is 6. The van der Waals surface area contributed by atoms with E-state index in [9.17, 15) is 22.8 Å². The van der Waals surface area contributed by atoms with E-state index >= 15 is 0 Å². The number of oxazole rings is 1. The molecule has 10 heteroatoms. The number of piperidine rings is 1. The first-order chi connectivity index (χ1) is 18.7. The van der Waals surface area contributed by atoms with E-state index in [2.05, 4.69) is 4.98 Å². The Morgan fingerprint density at radius 3 is 2.31 bits per heavy atom. The number of rotatable bonds is 8. The van der Waals surface area contributed by atoms with Crippen molar-refractivity contribution in [3.63, 3.8) is 0 Å². The van der Waals surface area contributed by atoms with Gasteiger partial charge in [0.2, 0.25) is 5.89 Å². The molecule has 1 aromatic heterocycles. The second-order valence-corrected chi connectivity index (χ2v) is 9.58. The largest absolute Gasteiger partial charge is 0.461 e. The van der Waals surface area contributed by atoms with Gasteiger partial charge in [-0.1, -0.05) is 37.3 Å². The van der Waals surface area contributed by atoms with Crippen molar-refractivity contribution < 1.29 is 36.7 Å². The van der Waals surface area contributed by atoms with E-state index in [0.717, 1.165) is 17.7 Å². The minimum absolute atomic E-state index is 0.117. The Labute approximate surface area is 224 Å². The summed E-state index contributed by atoms with van der Waals surface area (Å²) in [6.45, 7) is 4.65. The highest BCUT2D eigenvalue weighted by Crippen LogP contribution is 2.32. The second-order valence-electron chi connectivity index (χ2n) is 9.58. The summed E-state index contributed by atoms with van der Waals surface area (Å²) >= 11 is 0. The smallest absolute Gasteiger partial charge is 0.416 e. The predicted octanol–water partition coefficient (Wildman–Crippen LogP) is 6.79. The van der Waals surface area contributed by atoms with Gasteiger partial charge in [0.15, 0.2) is 0 Å². The van der Waals surface area contributed by atoms with Crippen molar-refractivity contribution >= 4 is 12.1 Å². The number of amides is 1. The standard InChI is InChI=1S/C29H31F3N2O5/c1-3-24(27(35)37-17-20-7-5-4-6-8-20)21-13-15-34(16-14-21)28(36)38-18-25-19(2)39-26(33-25)22-9-11-23(12-10-22)29(30,31)32/h4-12,21,24H,3,13-18H2,1-2H3. The summed E-state index contributed by atoms with van der Waals surface area (Å²) in [5.74, 6) is 0.237. The van der Waals surface area contributed by atoms with Gasteiger partial charge in [0.25, 0.3) is 0 Å². The first-order valence-corrected chi connectivity index (χ1v) is 12.9. The fourth-order valence-electron chi connectivity index (χ4n) is 4.72. The predicted molar refractivity (Wildman–Crippen MR) is 136 cm³/mol. The van der Waals surface area contributed by atoms with Gasteiger partial charge in [-0.15, -0.1) is 0 Å². The summed E-state index contributed by atoms with van der Waals surface area (Å²) in [6.07, 6.45) is -2.94. The molecule has 7 nitrogen and oxygen atoms in total. The molecule has 1 unspecified atom stereocenters. The molecular weight excluding hydrogens is 513 g/mol. The van der Waals surface area contributed by atoms with Crippen molar-refractivity contribution in [1.29, 1.82) is 0 Å². The van der Waals surface area contributed by atoms with Crippen molar-refractivity contribution in [2.45, 2.75) is 52.5 Å². The van der Waals surface area contributed by atoms with Gasteiger partial charge >= 0.3 is 18.2 Å². The van der Waals surface area contributed by atoms with Crippen LogP contribution in [-0.4, -0.2) is 35.0 Å². The molecule has 0 bridgehead atoms. The van der Waals surface area contributed by atoms with Gasteiger partial charge < -0.3 is 18.8 Å². The third-order valence-corrected chi connectivity index (χ3v) is 7.02. The lowest BCUT2D eigenvalue weighted by Crippen LogP contribution is -2.41. The number of nitrogens with zero attached hydrogens (tertiary/aromatic N) is 2. The number of halogens is 3. The fourth-order valence-corrected chi connectivity index (χ4v) is 4.72. The SMILES string of the molecule is CCC(C(=O)OCc1ccccc1)C1CCN(C(=O)OCc2nc(-c3ccc(C(F)(F)F)cc3)oc2C)CC1. The number of carbonyl (C=O) groups excluding carboxylic acids is 2. The number of esters is 1. The fraction of sp³-hybridized carbons (Fsp3) is 0.414. The number of hydrogen-bond donors (Lipinski definition) is 0.